The van der Waals surface area contributed by atoms with E-state index in [1.165, 1.54) is 37.8 Å². The third kappa shape index (κ3) is 5.26. The van der Waals surface area contributed by atoms with Crippen molar-refractivity contribution in [2.45, 2.75) is 0 Å². The molecular formula is C20H12S9. The second kappa shape index (κ2) is 10.4. The van der Waals surface area contributed by atoms with Crippen molar-refractivity contribution in [2.75, 3.05) is 0 Å². The van der Waals surface area contributed by atoms with Crippen LogP contribution in [0.2, 0.25) is 0 Å². The summed E-state index contributed by atoms with van der Waals surface area (Å²) in [5.41, 5.74) is 2.68. The molecule has 4 aliphatic heterocycles. The molecule has 0 bridgehead atoms. The number of hydrogen-bond acceptors (Lipinski definition) is 9. The fourth-order valence-corrected chi connectivity index (χ4v) is 10.8. The van der Waals surface area contributed by atoms with Gasteiger partial charge in [-0.3, -0.25) is 0 Å². The van der Waals surface area contributed by atoms with Crippen molar-refractivity contribution in [3.63, 3.8) is 0 Å². The molecule has 0 spiro atoms. The van der Waals surface area contributed by atoms with Crippen molar-refractivity contribution >= 4 is 117 Å². The van der Waals surface area contributed by atoms with E-state index in [0.717, 1.165) is 0 Å². The number of thiophene rings is 1. The van der Waals surface area contributed by atoms with Crippen molar-refractivity contribution in [2.24, 2.45) is 0 Å². The summed E-state index contributed by atoms with van der Waals surface area (Å²) in [6, 6.07) is 4.58. The normalized spacial score (nSPS) is 19.9. The van der Waals surface area contributed by atoms with Crippen LogP contribution >= 0.6 is 105 Å². The summed E-state index contributed by atoms with van der Waals surface area (Å²) in [7, 11) is 0. The van der Waals surface area contributed by atoms with Gasteiger partial charge in [0, 0.05) is 29.4 Å². The van der Waals surface area contributed by atoms with Crippen LogP contribution in [0.25, 0.3) is 11.1 Å². The Bertz CT molecular complexity index is 937. The Kier molecular flexibility index (Phi) is 7.60. The maximum atomic E-state index is 2.35. The molecule has 1 aromatic heterocycles. The third-order valence-electron chi connectivity index (χ3n) is 3.76. The van der Waals surface area contributed by atoms with E-state index in [-0.39, 0.29) is 0 Å². The lowest BCUT2D eigenvalue weighted by molar-refractivity contribution is 1.82. The zero-order valence-corrected chi connectivity index (χ0v) is 22.0. The molecule has 1 aromatic rings. The van der Waals surface area contributed by atoms with Gasteiger partial charge in [0.25, 0.3) is 0 Å². The smallest absolute Gasteiger partial charge is 0.0574 e. The van der Waals surface area contributed by atoms with Crippen LogP contribution < -0.4 is 0 Å². The highest BCUT2D eigenvalue weighted by molar-refractivity contribution is 8.29. The first-order valence-corrected chi connectivity index (χ1v) is 16.2. The molecule has 0 atom stereocenters. The van der Waals surface area contributed by atoms with Gasteiger partial charge in [-0.05, 0) is 67.5 Å². The molecule has 0 fully saturated rings. The van der Waals surface area contributed by atoms with Crippen LogP contribution in [-0.2, 0) is 0 Å². The van der Waals surface area contributed by atoms with Gasteiger partial charge in [-0.1, -0.05) is 94.1 Å². The Balaban J connectivity index is 1.52. The van der Waals surface area contributed by atoms with Crippen LogP contribution in [0.4, 0.5) is 0 Å². The third-order valence-corrected chi connectivity index (χ3v) is 13.2. The lowest BCUT2D eigenvalue weighted by atomic mass is 10.2. The molecule has 5 rings (SSSR count). The molecule has 0 N–H and O–H groups in total. The zero-order valence-electron chi connectivity index (χ0n) is 14.6. The van der Waals surface area contributed by atoms with Gasteiger partial charge >= 0.3 is 0 Å². The second-order valence-electron chi connectivity index (χ2n) is 5.52. The van der Waals surface area contributed by atoms with E-state index >= 15 is 0 Å². The van der Waals surface area contributed by atoms with Gasteiger partial charge in [-0.2, -0.15) is 0 Å². The molecule has 0 saturated heterocycles. The van der Waals surface area contributed by atoms with Crippen molar-refractivity contribution in [3.8, 4) is 0 Å². The van der Waals surface area contributed by atoms with Gasteiger partial charge in [0.1, 0.15) is 0 Å². The fourth-order valence-electron chi connectivity index (χ4n) is 2.56. The Morgan fingerprint density at radius 1 is 0.483 bits per heavy atom. The van der Waals surface area contributed by atoms with Crippen molar-refractivity contribution in [1.82, 2.24) is 0 Å². The molecule has 0 aromatic carbocycles. The number of rotatable bonds is 4. The number of thioether (sulfide) groups is 8. The lowest BCUT2D eigenvalue weighted by Gasteiger charge is -2.07. The molecule has 29 heavy (non-hydrogen) atoms. The van der Waals surface area contributed by atoms with Gasteiger partial charge in [0.05, 0.1) is 8.47 Å². The number of hydrogen-bond donors (Lipinski definition) is 0. The summed E-state index contributed by atoms with van der Waals surface area (Å²) < 4.78 is 5.41. The van der Waals surface area contributed by atoms with Crippen LogP contribution in [0.1, 0.15) is 9.75 Å². The minimum absolute atomic E-state index is 1.33. The standard InChI is InChI=1S/C20H12S9/c1-2-16(14(20-27-9-10-28-20)12-18-23-5-6-24-18)29-15(1)13(19-25-7-8-26-19)11-17-21-3-4-22-17/h1-12H. The predicted molar refractivity (Wildman–Crippen MR) is 152 cm³/mol. The first kappa shape index (κ1) is 21.3. The predicted octanol–water partition coefficient (Wildman–Crippen LogP) is 10.6. The summed E-state index contributed by atoms with van der Waals surface area (Å²) in [6.45, 7) is 0. The van der Waals surface area contributed by atoms with Crippen molar-refractivity contribution < 1.29 is 0 Å². The van der Waals surface area contributed by atoms with E-state index in [9.17, 15) is 0 Å². The molecule has 0 unspecified atom stereocenters. The SMILES string of the molecule is C1=CSC(=CC(=C2SC=CS2)c2ccc(C(C=C3SC=CS3)=C3SC=CS3)s2)S1. The molecule has 0 amide bonds. The van der Waals surface area contributed by atoms with Crippen LogP contribution in [0, 0.1) is 0 Å². The minimum atomic E-state index is 1.33. The van der Waals surface area contributed by atoms with Crippen LogP contribution in [0.3, 0.4) is 0 Å². The molecule has 0 nitrogen and oxygen atoms in total. The van der Waals surface area contributed by atoms with Gasteiger partial charge in [0.15, 0.2) is 0 Å². The molecule has 146 valence electrons. The Labute approximate surface area is 208 Å². The van der Waals surface area contributed by atoms with Crippen LogP contribution in [0.15, 0.2) is 84.5 Å². The maximum absolute atomic E-state index is 2.35. The lowest BCUT2D eigenvalue weighted by Crippen LogP contribution is -1.80. The molecular weight excluding hydrogens is 529 g/mol. The van der Waals surface area contributed by atoms with Crippen LogP contribution in [-0.4, -0.2) is 0 Å². The van der Waals surface area contributed by atoms with Crippen molar-refractivity contribution in [3.05, 3.63) is 94.3 Å². The monoisotopic (exact) mass is 540 g/mol. The van der Waals surface area contributed by atoms with Crippen molar-refractivity contribution in [1.29, 1.82) is 0 Å². The summed E-state index contributed by atoms with van der Waals surface area (Å²) >= 11 is 16.4. The average Bonchev–Trinajstić information content (AvgIpc) is 3.57. The summed E-state index contributed by atoms with van der Waals surface area (Å²) in [5.74, 6) is 0. The summed E-state index contributed by atoms with van der Waals surface area (Å²) in [4.78, 5) is 2.67. The second-order valence-corrected chi connectivity index (χ2v) is 15.1. The average molecular weight is 541 g/mol. The zero-order chi connectivity index (χ0) is 19.5. The minimum Gasteiger partial charge on any atom is -0.135 e. The van der Waals surface area contributed by atoms with Gasteiger partial charge in [-0.25, -0.2) is 0 Å². The highest BCUT2D eigenvalue weighted by Gasteiger charge is 2.19. The molecule has 0 saturated carbocycles. The van der Waals surface area contributed by atoms with E-state index in [1.54, 1.807) is 0 Å². The quantitative estimate of drug-likeness (QED) is 0.365. The van der Waals surface area contributed by atoms with E-state index < -0.39 is 0 Å². The highest BCUT2D eigenvalue weighted by atomic mass is 32.2. The first-order valence-electron chi connectivity index (χ1n) is 8.33. The Morgan fingerprint density at radius 2 is 0.828 bits per heavy atom. The Morgan fingerprint density at radius 3 is 1.21 bits per heavy atom. The summed E-state index contributed by atoms with van der Waals surface area (Å²) in [5, 5.41) is 17.3. The van der Waals surface area contributed by atoms with Gasteiger partial charge < -0.3 is 0 Å². The van der Waals surface area contributed by atoms with E-state index in [4.69, 9.17) is 0 Å². The van der Waals surface area contributed by atoms with E-state index in [1.807, 2.05) is 105 Å². The molecule has 4 aliphatic rings. The summed E-state index contributed by atoms with van der Waals surface area (Å²) in [6.07, 6.45) is 4.71. The molecule has 9 heteroatoms. The first-order chi connectivity index (χ1) is 14.4. The van der Waals surface area contributed by atoms with Crippen LogP contribution in [0.5, 0.6) is 0 Å². The van der Waals surface area contributed by atoms with Gasteiger partial charge in [0.2, 0.25) is 0 Å². The molecule has 0 radical (unpaired) electrons. The topological polar surface area (TPSA) is 0 Å². The Hall–Kier alpha value is 0.420. The largest absolute Gasteiger partial charge is 0.135 e. The number of allylic oxidation sites excluding steroid dienone is 4. The van der Waals surface area contributed by atoms with E-state index in [0.29, 0.717) is 0 Å². The molecule has 5 heterocycles. The van der Waals surface area contributed by atoms with E-state index in [2.05, 4.69) is 67.5 Å². The highest BCUT2D eigenvalue weighted by Crippen LogP contribution is 2.50. The molecule has 0 aliphatic carbocycles. The maximum Gasteiger partial charge on any atom is 0.0574 e. The fraction of sp³-hybridized carbons (Fsp3) is 0. The van der Waals surface area contributed by atoms with Gasteiger partial charge in [-0.15, -0.1) is 11.3 Å².